The van der Waals surface area contributed by atoms with E-state index in [1.807, 2.05) is 6.07 Å². The quantitative estimate of drug-likeness (QED) is 0.657. The molecule has 162 valence electrons. The van der Waals surface area contributed by atoms with Crippen LogP contribution in [0.1, 0.15) is 30.4 Å². The van der Waals surface area contributed by atoms with Crippen LogP contribution in [-0.4, -0.2) is 56.7 Å². The molecule has 0 saturated carbocycles. The standard InChI is InChI=1S/C21H28N2O4.2ClH/c1-25-19-12-16-15-6-9-23(11-10-22-7-4-3-5-8-22)14-17(15)21(24)27-18(16)13-20(19)26-2;;/h12-13H,3-11,14H2,1-2H3;2*1H. The minimum atomic E-state index is -0.229. The molecule has 1 saturated heterocycles. The Morgan fingerprint density at radius 2 is 1.55 bits per heavy atom. The summed E-state index contributed by atoms with van der Waals surface area (Å²) in [6.07, 6.45) is 4.83. The fourth-order valence-electron chi connectivity index (χ4n) is 4.30. The van der Waals surface area contributed by atoms with Crippen LogP contribution in [0, 0.1) is 0 Å². The number of ether oxygens (including phenoxy) is 2. The fraction of sp³-hybridized carbons (Fsp3) is 0.571. The van der Waals surface area contributed by atoms with Gasteiger partial charge in [0.2, 0.25) is 0 Å². The van der Waals surface area contributed by atoms with Crippen LogP contribution < -0.4 is 15.1 Å². The van der Waals surface area contributed by atoms with Crippen LogP contribution in [0.4, 0.5) is 0 Å². The zero-order valence-corrected chi connectivity index (χ0v) is 18.7. The van der Waals surface area contributed by atoms with Crippen LogP contribution >= 0.6 is 24.8 Å². The highest BCUT2D eigenvalue weighted by Crippen LogP contribution is 2.35. The van der Waals surface area contributed by atoms with Gasteiger partial charge >= 0.3 is 5.63 Å². The van der Waals surface area contributed by atoms with E-state index in [9.17, 15) is 4.79 Å². The Bertz CT molecular complexity index is 881. The van der Waals surface area contributed by atoms with Crippen molar-refractivity contribution < 1.29 is 13.9 Å². The molecule has 0 bridgehead atoms. The van der Waals surface area contributed by atoms with Gasteiger partial charge in [0, 0.05) is 37.6 Å². The van der Waals surface area contributed by atoms with Crippen molar-refractivity contribution in [3.63, 3.8) is 0 Å². The van der Waals surface area contributed by atoms with E-state index in [0.29, 0.717) is 23.6 Å². The van der Waals surface area contributed by atoms with E-state index in [4.69, 9.17) is 13.9 Å². The molecule has 1 aromatic heterocycles. The lowest BCUT2D eigenvalue weighted by Crippen LogP contribution is -2.41. The lowest BCUT2D eigenvalue weighted by molar-refractivity contribution is 0.172. The summed E-state index contributed by atoms with van der Waals surface area (Å²) in [5, 5.41) is 0.956. The van der Waals surface area contributed by atoms with Gasteiger partial charge in [-0.1, -0.05) is 6.42 Å². The summed E-state index contributed by atoms with van der Waals surface area (Å²) in [7, 11) is 3.21. The molecule has 29 heavy (non-hydrogen) atoms. The molecule has 0 N–H and O–H groups in total. The van der Waals surface area contributed by atoms with E-state index < -0.39 is 0 Å². The first-order valence-corrected chi connectivity index (χ1v) is 9.85. The number of nitrogens with zero attached hydrogens (tertiary/aromatic N) is 2. The van der Waals surface area contributed by atoms with Gasteiger partial charge < -0.3 is 18.8 Å². The summed E-state index contributed by atoms with van der Waals surface area (Å²) in [4.78, 5) is 17.5. The van der Waals surface area contributed by atoms with Gasteiger partial charge in [-0.25, -0.2) is 4.79 Å². The maximum Gasteiger partial charge on any atom is 0.341 e. The second-order valence-electron chi connectivity index (χ2n) is 7.48. The van der Waals surface area contributed by atoms with E-state index in [1.165, 1.54) is 32.4 Å². The lowest BCUT2D eigenvalue weighted by Gasteiger charge is -2.32. The SMILES string of the molecule is COc1cc2oc(=O)c3c(c2cc1OC)CCN(CCN1CCCCC1)C3.Cl.Cl. The van der Waals surface area contributed by atoms with Crippen molar-refractivity contribution in [3.8, 4) is 11.5 Å². The molecule has 1 aromatic carbocycles. The number of rotatable bonds is 5. The first kappa shape index (κ1) is 23.8. The van der Waals surface area contributed by atoms with Gasteiger partial charge in [-0.3, -0.25) is 4.90 Å². The summed E-state index contributed by atoms with van der Waals surface area (Å²) in [5.41, 5.74) is 2.22. The van der Waals surface area contributed by atoms with E-state index >= 15 is 0 Å². The second kappa shape index (κ2) is 10.5. The Kier molecular flexibility index (Phi) is 8.64. The first-order chi connectivity index (χ1) is 13.2. The highest BCUT2D eigenvalue weighted by Gasteiger charge is 2.24. The van der Waals surface area contributed by atoms with Gasteiger partial charge in [0.15, 0.2) is 11.5 Å². The van der Waals surface area contributed by atoms with Crippen molar-refractivity contribution in [3.05, 3.63) is 33.7 Å². The van der Waals surface area contributed by atoms with Crippen molar-refractivity contribution >= 4 is 35.8 Å². The molecule has 0 radical (unpaired) electrons. The molecular formula is C21H30Cl2N2O4. The number of hydrogen-bond donors (Lipinski definition) is 0. The highest BCUT2D eigenvalue weighted by atomic mass is 35.5. The van der Waals surface area contributed by atoms with Gasteiger partial charge in [0.1, 0.15) is 5.58 Å². The van der Waals surface area contributed by atoms with E-state index in [-0.39, 0.29) is 30.4 Å². The Hall–Kier alpha value is -1.47. The van der Waals surface area contributed by atoms with Crippen LogP contribution in [0.2, 0.25) is 0 Å². The predicted molar refractivity (Wildman–Crippen MR) is 119 cm³/mol. The van der Waals surface area contributed by atoms with Crippen molar-refractivity contribution in [2.75, 3.05) is 46.9 Å². The van der Waals surface area contributed by atoms with E-state index in [2.05, 4.69) is 9.80 Å². The molecule has 0 atom stereocenters. The molecule has 8 heteroatoms. The molecule has 3 heterocycles. The molecule has 0 spiro atoms. The average molecular weight is 445 g/mol. The van der Waals surface area contributed by atoms with E-state index in [1.54, 1.807) is 20.3 Å². The van der Waals surface area contributed by atoms with Crippen LogP contribution in [0.3, 0.4) is 0 Å². The van der Waals surface area contributed by atoms with Crippen LogP contribution in [0.15, 0.2) is 21.3 Å². The minimum Gasteiger partial charge on any atom is -0.493 e. The number of halogens is 2. The monoisotopic (exact) mass is 444 g/mol. The highest BCUT2D eigenvalue weighted by molar-refractivity contribution is 5.86. The Labute approximate surface area is 183 Å². The van der Waals surface area contributed by atoms with Crippen molar-refractivity contribution in [1.29, 1.82) is 0 Å². The minimum absolute atomic E-state index is 0. The summed E-state index contributed by atoms with van der Waals surface area (Å²) >= 11 is 0. The maximum absolute atomic E-state index is 12.6. The Morgan fingerprint density at radius 3 is 2.24 bits per heavy atom. The lowest BCUT2D eigenvalue weighted by atomic mass is 9.97. The maximum atomic E-state index is 12.6. The summed E-state index contributed by atoms with van der Waals surface area (Å²) < 4.78 is 16.4. The summed E-state index contributed by atoms with van der Waals surface area (Å²) in [5.74, 6) is 1.24. The molecule has 1 fully saturated rings. The number of fused-ring (bicyclic) bond motifs is 3. The third-order valence-corrected chi connectivity index (χ3v) is 5.87. The van der Waals surface area contributed by atoms with Crippen LogP contribution in [-0.2, 0) is 13.0 Å². The third-order valence-electron chi connectivity index (χ3n) is 5.87. The zero-order valence-electron chi connectivity index (χ0n) is 17.1. The molecular weight excluding hydrogens is 415 g/mol. The van der Waals surface area contributed by atoms with Crippen molar-refractivity contribution in [1.82, 2.24) is 9.80 Å². The number of piperidine rings is 1. The predicted octanol–water partition coefficient (Wildman–Crippen LogP) is 3.50. The average Bonchev–Trinajstić information content (AvgIpc) is 2.72. The molecule has 2 aliphatic heterocycles. The number of methoxy groups -OCH3 is 2. The van der Waals surface area contributed by atoms with E-state index in [0.717, 1.165) is 42.6 Å². The Morgan fingerprint density at radius 1 is 0.897 bits per heavy atom. The van der Waals surface area contributed by atoms with Crippen LogP contribution in [0.5, 0.6) is 11.5 Å². The van der Waals surface area contributed by atoms with Gasteiger partial charge in [-0.15, -0.1) is 24.8 Å². The second-order valence-corrected chi connectivity index (χ2v) is 7.48. The van der Waals surface area contributed by atoms with Gasteiger partial charge in [0.25, 0.3) is 0 Å². The smallest absolute Gasteiger partial charge is 0.341 e. The number of benzene rings is 1. The zero-order chi connectivity index (χ0) is 18.8. The molecule has 4 rings (SSSR count). The van der Waals surface area contributed by atoms with Gasteiger partial charge in [-0.05, 0) is 44.0 Å². The van der Waals surface area contributed by atoms with Crippen LogP contribution in [0.25, 0.3) is 11.0 Å². The fourth-order valence-corrected chi connectivity index (χ4v) is 4.30. The molecule has 2 aromatic rings. The molecule has 0 unspecified atom stereocenters. The van der Waals surface area contributed by atoms with Crippen molar-refractivity contribution in [2.45, 2.75) is 32.2 Å². The van der Waals surface area contributed by atoms with Gasteiger partial charge in [-0.2, -0.15) is 0 Å². The number of hydrogen-bond acceptors (Lipinski definition) is 6. The molecule has 2 aliphatic rings. The normalized spacial score (nSPS) is 17.2. The summed E-state index contributed by atoms with van der Waals surface area (Å²) in [6, 6.07) is 3.68. The van der Waals surface area contributed by atoms with Crippen molar-refractivity contribution in [2.24, 2.45) is 0 Å². The molecule has 6 nitrogen and oxygen atoms in total. The third kappa shape index (κ3) is 5.00. The van der Waals surface area contributed by atoms with Gasteiger partial charge in [0.05, 0.1) is 19.8 Å². The molecule has 0 amide bonds. The first-order valence-electron chi connectivity index (χ1n) is 9.85. The Balaban J connectivity index is 0.00000150. The number of likely N-dealkylation sites (tertiary alicyclic amines) is 1. The largest absolute Gasteiger partial charge is 0.493 e. The molecule has 0 aliphatic carbocycles. The summed E-state index contributed by atoms with van der Waals surface area (Å²) in [6.45, 7) is 6.13. The topological polar surface area (TPSA) is 55.2 Å².